The first kappa shape index (κ1) is 15.5. The first-order valence-electron chi connectivity index (χ1n) is 6.59. The van der Waals surface area contributed by atoms with Gasteiger partial charge in [-0.15, -0.1) is 0 Å². The Morgan fingerprint density at radius 2 is 2.05 bits per heavy atom. The summed E-state index contributed by atoms with van der Waals surface area (Å²) >= 11 is 0. The standard InChI is InChI=1S/C14H23NO4/c1-5-8-18-12(16)11(9-10-6-7-10)15-13(17)19-14(2,3)4/h5,10-11H,1,6-9H2,2-4H3,(H,15,17)/t11-/m0/s1. The van der Waals surface area contributed by atoms with E-state index < -0.39 is 23.7 Å². The van der Waals surface area contributed by atoms with Crippen molar-refractivity contribution in [3.05, 3.63) is 12.7 Å². The molecular weight excluding hydrogens is 246 g/mol. The second-order valence-electron chi connectivity index (χ2n) is 5.80. The summed E-state index contributed by atoms with van der Waals surface area (Å²) in [6.07, 6.45) is 3.71. The van der Waals surface area contributed by atoms with Gasteiger partial charge in [-0.05, 0) is 33.1 Å². The summed E-state index contributed by atoms with van der Waals surface area (Å²) in [4.78, 5) is 23.5. The Kier molecular flexibility index (Phi) is 5.39. The Morgan fingerprint density at radius 3 is 2.53 bits per heavy atom. The minimum atomic E-state index is -0.637. The molecule has 1 atom stereocenters. The Labute approximate surface area is 114 Å². The molecule has 1 amide bonds. The SMILES string of the molecule is C=CCOC(=O)[C@H](CC1CC1)NC(=O)OC(C)(C)C. The van der Waals surface area contributed by atoms with E-state index in [1.54, 1.807) is 20.8 Å². The van der Waals surface area contributed by atoms with E-state index in [0.29, 0.717) is 12.3 Å². The molecule has 5 heteroatoms. The van der Waals surface area contributed by atoms with Gasteiger partial charge >= 0.3 is 12.1 Å². The maximum atomic E-state index is 11.8. The minimum Gasteiger partial charge on any atom is -0.460 e. The van der Waals surface area contributed by atoms with Crippen molar-refractivity contribution in [1.82, 2.24) is 5.32 Å². The summed E-state index contributed by atoms with van der Waals surface area (Å²) in [6, 6.07) is -0.637. The van der Waals surface area contributed by atoms with E-state index in [1.807, 2.05) is 0 Å². The molecule has 0 aromatic carbocycles. The number of hydrogen-bond donors (Lipinski definition) is 1. The number of carbonyl (C=O) groups excluding carboxylic acids is 2. The molecule has 0 aliphatic heterocycles. The number of rotatable bonds is 6. The van der Waals surface area contributed by atoms with Crippen LogP contribution in [0.3, 0.4) is 0 Å². The minimum absolute atomic E-state index is 0.149. The van der Waals surface area contributed by atoms with Crippen LogP contribution in [0.1, 0.15) is 40.0 Å². The fraction of sp³-hybridized carbons (Fsp3) is 0.714. The molecule has 19 heavy (non-hydrogen) atoms. The van der Waals surface area contributed by atoms with Crippen LogP contribution >= 0.6 is 0 Å². The molecule has 1 saturated carbocycles. The fourth-order valence-electron chi connectivity index (χ4n) is 1.59. The first-order chi connectivity index (χ1) is 8.81. The molecule has 1 N–H and O–H groups in total. The second kappa shape index (κ2) is 6.59. The molecule has 0 aromatic heterocycles. The van der Waals surface area contributed by atoms with E-state index in [1.165, 1.54) is 6.08 Å². The molecule has 0 heterocycles. The lowest BCUT2D eigenvalue weighted by molar-refractivity contribution is -0.145. The number of nitrogens with one attached hydrogen (secondary N) is 1. The van der Waals surface area contributed by atoms with Crippen LogP contribution in [0.2, 0.25) is 0 Å². The van der Waals surface area contributed by atoms with Crippen LogP contribution < -0.4 is 5.32 Å². The van der Waals surface area contributed by atoms with Gasteiger partial charge < -0.3 is 14.8 Å². The van der Waals surface area contributed by atoms with Gasteiger partial charge in [-0.25, -0.2) is 9.59 Å². The largest absolute Gasteiger partial charge is 0.460 e. The van der Waals surface area contributed by atoms with Crippen LogP contribution in [0.4, 0.5) is 4.79 Å². The highest BCUT2D eigenvalue weighted by atomic mass is 16.6. The van der Waals surface area contributed by atoms with Crippen molar-refractivity contribution in [1.29, 1.82) is 0 Å². The number of ether oxygens (including phenoxy) is 2. The molecule has 0 spiro atoms. The number of alkyl carbamates (subject to hydrolysis) is 1. The molecule has 0 radical (unpaired) electrons. The third-order valence-corrected chi connectivity index (χ3v) is 2.58. The average Bonchev–Trinajstić information content (AvgIpc) is 3.06. The maximum absolute atomic E-state index is 11.8. The molecule has 1 rings (SSSR count). The van der Waals surface area contributed by atoms with Gasteiger partial charge in [-0.1, -0.05) is 25.5 Å². The lowest BCUT2D eigenvalue weighted by Gasteiger charge is -2.22. The van der Waals surface area contributed by atoms with Crippen molar-refractivity contribution in [3.63, 3.8) is 0 Å². The van der Waals surface area contributed by atoms with E-state index in [9.17, 15) is 9.59 Å². The van der Waals surface area contributed by atoms with Gasteiger partial charge in [0.05, 0.1) is 0 Å². The van der Waals surface area contributed by atoms with Gasteiger partial charge in [0.2, 0.25) is 0 Å². The van der Waals surface area contributed by atoms with E-state index >= 15 is 0 Å². The summed E-state index contributed by atoms with van der Waals surface area (Å²) in [5.41, 5.74) is -0.584. The predicted octanol–water partition coefficient (Wildman–Crippen LogP) is 2.41. The van der Waals surface area contributed by atoms with Gasteiger partial charge in [0.15, 0.2) is 0 Å². The van der Waals surface area contributed by atoms with Crippen molar-refractivity contribution in [2.45, 2.75) is 51.7 Å². The summed E-state index contributed by atoms with van der Waals surface area (Å²) in [5.74, 6) is 0.0638. The molecular formula is C14H23NO4. The predicted molar refractivity (Wildman–Crippen MR) is 71.7 cm³/mol. The molecule has 108 valence electrons. The number of esters is 1. The molecule has 1 fully saturated rings. The second-order valence-corrected chi connectivity index (χ2v) is 5.80. The van der Waals surface area contributed by atoms with E-state index in [0.717, 1.165) is 12.8 Å². The van der Waals surface area contributed by atoms with Crippen molar-refractivity contribution in [3.8, 4) is 0 Å². The zero-order valence-electron chi connectivity index (χ0n) is 11.9. The molecule has 0 aromatic rings. The average molecular weight is 269 g/mol. The highest BCUT2D eigenvalue weighted by molar-refractivity contribution is 5.81. The normalized spacial score (nSPS) is 16.4. The smallest absolute Gasteiger partial charge is 0.408 e. The van der Waals surface area contributed by atoms with Crippen molar-refractivity contribution in [2.24, 2.45) is 5.92 Å². The Bertz CT molecular complexity index is 342. The van der Waals surface area contributed by atoms with Crippen LogP contribution in [0.15, 0.2) is 12.7 Å². The van der Waals surface area contributed by atoms with Gasteiger partial charge in [-0.3, -0.25) is 0 Å². The number of amides is 1. The van der Waals surface area contributed by atoms with Crippen molar-refractivity contribution >= 4 is 12.1 Å². The molecule has 5 nitrogen and oxygen atoms in total. The van der Waals surface area contributed by atoms with Gasteiger partial charge in [0.1, 0.15) is 18.2 Å². The molecule has 1 aliphatic carbocycles. The molecule has 0 bridgehead atoms. The Balaban J connectivity index is 2.50. The zero-order chi connectivity index (χ0) is 14.5. The van der Waals surface area contributed by atoms with E-state index in [4.69, 9.17) is 9.47 Å². The monoisotopic (exact) mass is 269 g/mol. The van der Waals surface area contributed by atoms with Gasteiger partial charge in [0, 0.05) is 0 Å². The number of hydrogen-bond acceptors (Lipinski definition) is 4. The first-order valence-corrected chi connectivity index (χ1v) is 6.59. The van der Waals surface area contributed by atoms with Crippen molar-refractivity contribution in [2.75, 3.05) is 6.61 Å². The summed E-state index contributed by atoms with van der Waals surface area (Å²) < 4.78 is 10.1. The summed E-state index contributed by atoms with van der Waals surface area (Å²) in [6.45, 7) is 8.96. The van der Waals surface area contributed by atoms with Crippen LogP contribution in [-0.4, -0.2) is 30.3 Å². The zero-order valence-corrected chi connectivity index (χ0v) is 11.9. The van der Waals surface area contributed by atoms with Crippen LogP contribution in [0.5, 0.6) is 0 Å². The molecule has 0 saturated heterocycles. The van der Waals surface area contributed by atoms with Crippen LogP contribution in [0, 0.1) is 5.92 Å². The highest BCUT2D eigenvalue weighted by Crippen LogP contribution is 2.33. The quantitative estimate of drug-likeness (QED) is 0.594. The topological polar surface area (TPSA) is 64.6 Å². The summed E-state index contributed by atoms with van der Waals surface area (Å²) in [5, 5.41) is 2.58. The third kappa shape index (κ3) is 6.84. The Morgan fingerprint density at radius 1 is 1.42 bits per heavy atom. The maximum Gasteiger partial charge on any atom is 0.408 e. The van der Waals surface area contributed by atoms with E-state index in [-0.39, 0.29) is 6.61 Å². The van der Waals surface area contributed by atoms with Crippen LogP contribution in [-0.2, 0) is 14.3 Å². The highest BCUT2D eigenvalue weighted by Gasteiger charge is 2.32. The van der Waals surface area contributed by atoms with Crippen molar-refractivity contribution < 1.29 is 19.1 Å². The van der Waals surface area contributed by atoms with Crippen LogP contribution in [0.25, 0.3) is 0 Å². The number of carbonyl (C=O) groups is 2. The van der Waals surface area contributed by atoms with E-state index in [2.05, 4.69) is 11.9 Å². The third-order valence-electron chi connectivity index (χ3n) is 2.58. The lowest BCUT2D eigenvalue weighted by Crippen LogP contribution is -2.44. The molecule has 1 aliphatic rings. The lowest BCUT2D eigenvalue weighted by atomic mass is 10.1. The Hall–Kier alpha value is -1.52. The van der Waals surface area contributed by atoms with Gasteiger partial charge in [-0.2, -0.15) is 0 Å². The van der Waals surface area contributed by atoms with Gasteiger partial charge in [0.25, 0.3) is 0 Å². The molecule has 0 unspecified atom stereocenters. The fourth-order valence-corrected chi connectivity index (χ4v) is 1.59. The summed E-state index contributed by atoms with van der Waals surface area (Å²) in [7, 11) is 0.